The molecule has 25 heavy (non-hydrogen) atoms. The molecule has 0 radical (unpaired) electrons. The monoisotopic (exact) mass is 365 g/mol. The zero-order valence-electron chi connectivity index (χ0n) is 14.6. The Balaban J connectivity index is 2.05. The number of sulfonamides is 1. The average molecular weight is 365 g/mol. The largest absolute Gasteiger partial charge is 0.495 e. The molecule has 0 spiro atoms. The molecule has 0 amide bonds. The predicted molar refractivity (Wildman–Crippen MR) is 92.9 cm³/mol. The summed E-state index contributed by atoms with van der Waals surface area (Å²) in [5.74, 6) is 0.958. The molecule has 1 fully saturated rings. The van der Waals surface area contributed by atoms with Gasteiger partial charge >= 0.3 is 0 Å². The highest BCUT2D eigenvalue weighted by Crippen LogP contribution is 2.41. The van der Waals surface area contributed by atoms with Crippen molar-refractivity contribution in [3.05, 3.63) is 47.9 Å². The molecule has 2 aromatic rings. The van der Waals surface area contributed by atoms with E-state index >= 15 is 0 Å². The minimum atomic E-state index is -3.75. The molecule has 6 nitrogen and oxygen atoms in total. The molecule has 1 aliphatic rings. The van der Waals surface area contributed by atoms with Crippen LogP contribution in [0.2, 0.25) is 0 Å². The average Bonchev–Trinajstić information content (AvgIpc) is 3.25. The standard InChI is InChI=1S/C18H23NO5S/c1-13(16-5-4-10-24-16)19(15-7-8-15)25(20,21)18-11-14(12-22-2)6-9-17(18)23-3/h4-6,9-11,13,15H,7-8,12H2,1-3H3. The summed E-state index contributed by atoms with van der Waals surface area (Å²) in [5, 5.41) is 0. The zero-order chi connectivity index (χ0) is 18.0. The molecule has 0 N–H and O–H groups in total. The van der Waals surface area contributed by atoms with Gasteiger partial charge in [-0.05, 0) is 49.6 Å². The lowest BCUT2D eigenvalue weighted by Gasteiger charge is -2.28. The van der Waals surface area contributed by atoms with Crippen LogP contribution >= 0.6 is 0 Å². The van der Waals surface area contributed by atoms with E-state index in [0.717, 1.165) is 18.4 Å². The van der Waals surface area contributed by atoms with Crippen LogP contribution in [0.4, 0.5) is 0 Å². The molecule has 1 atom stereocenters. The molecule has 7 heteroatoms. The first kappa shape index (κ1) is 18.0. The van der Waals surface area contributed by atoms with Gasteiger partial charge in [0, 0.05) is 13.2 Å². The number of nitrogens with zero attached hydrogens (tertiary/aromatic N) is 1. The van der Waals surface area contributed by atoms with Gasteiger partial charge in [0.15, 0.2) is 0 Å². The van der Waals surface area contributed by atoms with E-state index in [1.165, 1.54) is 7.11 Å². The first-order valence-electron chi connectivity index (χ1n) is 8.22. The van der Waals surface area contributed by atoms with Crippen LogP contribution in [0.1, 0.15) is 37.1 Å². The minimum Gasteiger partial charge on any atom is -0.495 e. The maximum absolute atomic E-state index is 13.5. The number of benzene rings is 1. The SMILES string of the molecule is COCc1ccc(OC)c(S(=O)(=O)N(C2CC2)C(C)c2ccco2)c1. The van der Waals surface area contributed by atoms with E-state index in [4.69, 9.17) is 13.9 Å². The third-order valence-electron chi connectivity index (χ3n) is 4.34. The van der Waals surface area contributed by atoms with Gasteiger partial charge in [-0.25, -0.2) is 8.42 Å². The molecule has 1 unspecified atom stereocenters. The molecule has 1 saturated carbocycles. The molecule has 1 heterocycles. The van der Waals surface area contributed by atoms with Crippen molar-refractivity contribution in [1.29, 1.82) is 0 Å². The van der Waals surface area contributed by atoms with E-state index in [1.807, 2.05) is 6.92 Å². The summed E-state index contributed by atoms with van der Waals surface area (Å²) in [6.45, 7) is 2.18. The fourth-order valence-electron chi connectivity index (χ4n) is 3.00. The number of furan rings is 1. The van der Waals surface area contributed by atoms with Gasteiger partial charge in [0.05, 0.1) is 26.0 Å². The maximum Gasteiger partial charge on any atom is 0.247 e. The highest BCUT2D eigenvalue weighted by atomic mass is 32.2. The molecule has 0 bridgehead atoms. The molecule has 1 aromatic carbocycles. The van der Waals surface area contributed by atoms with Crippen LogP contribution in [0.15, 0.2) is 45.9 Å². The van der Waals surface area contributed by atoms with Crippen molar-refractivity contribution < 1.29 is 22.3 Å². The molecule has 3 rings (SSSR count). The van der Waals surface area contributed by atoms with Gasteiger partial charge in [0.25, 0.3) is 0 Å². The van der Waals surface area contributed by atoms with Gasteiger partial charge in [-0.2, -0.15) is 4.31 Å². The molecule has 0 aliphatic heterocycles. The van der Waals surface area contributed by atoms with Crippen molar-refractivity contribution >= 4 is 10.0 Å². The van der Waals surface area contributed by atoms with Gasteiger partial charge in [0.2, 0.25) is 10.0 Å². The van der Waals surface area contributed by atoms with Crippen molar-refractivity contribution in [3.63, 3.8) is 0 Å². The van der Waals surface area contributed by atoms with Gasteiger partial charge in [0.1, 0.15) is 16.4 Å². The van der Waals surface area contributed by atoms with Crippen molar-refractivity contribution in [2.24, 2.45) is 0 Å². The molecular formula is C18H23NO5S. The normalized spacial score (nSPS) is 16.2. The van der Waals surface area contributed by atoms with Crippen LogP contribution in [-0.2, 0) is 21.4 Å². The van der Waals surface area contributed by atoms with Gasteiger partial charge in [-0.15, -0.1) is 0 Å². The number of rotatable bonds is 8. The van der Waals surface area contributed by atoms with E-state index in [1.54, 1.807) is 48.0 Å². The minimum absolute atomic E-state index is 0.0131. The summed E-state index contributed by atoms with van der Waals surface area (Å²) in [6.07, 6.45) is 3.26. The Morgan fingerprint density at radius 1 is 1.28 bits per heavy atom. The number of methoxy groups -OCH3 is 2. The Hall–Kier alpha value is -1.83. The lowest BCUT2D eigenvalue weighted by atomic mass is 10.2. The van der Waals surface area contributed by atoms with E-state index in [9.17, 15) is 8.42 Å². The van der Waals surface area contributed by atoms with E-state index in [2.05, 4.69) is 0 Å². The Morgan fingerprint density at radius 3 is 2.60 bits per heavy atom. The maximum atomic E-state index is 13.5. The molecule has 0 saturated heterocycles. The topological polar surface area (TPSA) is 69.0 Å². The van der Waals surface area contributed by atoms with Crippen LogP contribution in [0.5, 0.6) is 5.75 Å². The predicted octanol–water partition coefficient (Wildman–Crippen LogP) is 3.35. The van der Waals surface area contributed by atoms with Crippen LogP contribution < -0.4 is 4.74 Å². The van der Waals surface area contributed by atoms with Gasteiger partial charge in [-0.3, -0.25) is 0 Å². The van der Waals surface area contributed by atoms with Crippen LogP contribution in [-0.4, -0.2) is 33.0 Å². The van der Waals surface area contributed by atoms with E-state index in [0.29, 0.717) is 18.1 Å². The summed E-state index contributed by atoms with van der Waals surface area (Å²) in [4.78, 5) is 0.162. The van der Waals surface area contributed by atoms with Crippen molar-refractivity contribution in [1.82, 2.24) is 4.31 Å². The second-order valence-electron chi connectivity index (χ2n) is 6.18. The molecular weight excluding hydrogens is 342 g/mol. The highest BCUT2D eigenvalue weighted by molar-refractivity contribution is 7.89. The van der Waals surface area contributed by atoms with Crippen LogP contribution in [0.25, 0.3) is 0 Å². The number of ether oxygens (including phenoxy) is 2. The zero-order valence-corrected chi connectivity index (χ0v) is 15.5. The van der Waals surface area contributed by atoms with Gasteiger partial charge < -0.3 is 13.9 Å². The second-order valence-corrected chi connectivity index (χ2v) is 7.99. The van der Waals surface area contributed by atoms with Crippen molar-refractivity contribution in [2.75, 3.05) is 14.2 Å². The smallest absolute Gasteiger partial charge is 0.247 e. The first-order valence-corrected chi connectivity index (χ1v) is 9.66. The first-order chi connectivity index (χ1) is 12.0. The van der Waals surface area contributed by atoms with Crippen molar-refractivity contribution in [3.8, 4) is 5.75 Å². The Bertz CT molecular complexity index is 812. The quantitative estimate of drug-likeness (QED) is 0.717. The fourth-order valence-corrected chi connectivity index (χ4v) is 5.05. The fraction of sp³-hybridized carbons (Fsp3) is 0.444. The second kappa shape index (κ2) is 7.19. The number of hydrogen-bond acceptors (Lipinski definition) is 5. The summed E-state index contributed by atoms with van der Waals surface area (Å²) in [7, 11) is -0.703. The molecule has 1 aliphatic carbocycles. The van der Waals surface area contributed by atoms with Gasteiger partial charge in [-0.1, -0.05) is 6.07 Å². The van der Waals surface area contributed by atoms with E-state index < -0.39 is 10.0 Å². The summed E-state index contributed by atoms with van der Waals surface area (Å²) in [6, 6.07) is 8.27. The molecule has 136 valence electrons. The molecule has 1 aromatic heterocycles. The third kappa shape index (κ3) is 3.58. The summed E-state index contributed by atoms with van der Waals surface area (Å²) < 4.78 is 44.3. The van der Waals surface area contributed by atoms with E-state index in [-0.39, 0.29) is 17.0 Å². The Labute approximate surface area is 148 Å². The Morgan fingerprint density at radius 2 is 2.04 bits per heavy atom. The lowest BCUT2D eigenvalue weighted by Crippen LogP contribution is -2.35. The number of hydrogen-bond donors (Lipinski definition) is 0. The third-order valence-corrected chi connectivity index (χ3v) is 6.38. The van der Waals surface area contributed by atoms with Crippen LogP contribution in [0, 0.1) is 0 Å². The summed E-state index contributed by atoms with van der Waals surface area (Å²) >= 11 is 0. The highest BCUT2D eigenvalue weighted by Gasteiger charge is 2.43. The van der Waals surface area contributed by atoms with Crippen LogP contribution in [0.3, 0.4) is 0 Å². The van der Waals surface area contributed by atoms with Crippen molar-refractivity contribution in [2.45, 2.75) is 43.4 Å². The Kier molecular flexibility index (Phi) is 5.17. The lowest BCUT2D eigenvalue weighted by molar-refractivity contribution is 0.184. The summed E-state index contributed by atoms with van der Waals surface area (Å²) in [5.41, 5.74) is 0.781.